The summed E-state index contributed by atoms with van der Waals surface area (Å²) in [5.74, 6) is 0.561. The molecule has 0 bridgehead atoms. The van der Waals surface area contributed by atoms with Gasteiger partial charge in [0.25, 0.3) is 0 Å². The summed E-state index contributed by atoms with van der Waals surface area (Å²) in [6.07, 6.45) is 3.25. The van der Waals surface area contributed by atoms with Crippen LogP contribution in [-0.4, -0.2) is 25.5 Å². The van der Waals surface area contributed by atoms with Gasteiger partial charge in [-0.2, -0.15) is 5.10 Å². The van der Waals surface area contributed by atoms with E-state index in [-0.39, 0.29) is 18.2 Å². The lowest BCUT2D eigenvalue weighted by atomic mass is 10.2. The standard InChI is InChI=1S/C12H12Br2N4O/c1-7(2)18-11(16-6-17-18)4-10(19)12-9(14)3-8(13)5-15-12/h3,5-7H,4H2,1-2H3. The highest BCUT2D eigenvalue weighted by atomic mass is 79.9. The highest BCUT2D eigenvalue weighted by molar-refractivity contribution is 9.11. The predicted molar refractivity (Wildman–Crippen MR) is 78.1 cm³/mol. The van der Waals surface area contributed by atoms with Crippen LogP contribution in [0.25, 0.3) is 0 Å². The van der Waals surface area contributed by atoms with Crippen molar-refractivity contribution < 1.29 is 4.79 Å². The van der Waals surface area contributed by atoms with Crippen molar-refractivity contribution in [2.75, 3.05) is 0 Å². The lowest BCUT2D eigenvalue weighted by molar-refractivity contribution is 0.0983. The van der Waals surface area contributed by atoms with Crippen LogP contribution in [0.5, 0.6) is 0 Å². The van der Waals surface area contributed by atoms with Gasteiger partial charge in [-0.25, -0.2) is 9.67 Å². The number of pyridine rings is 1. The number of aromatic nitrogens is 4. The Labute approximate surface area is 127 Å². The number of carbonyl (C=O) groups excluding carboxylic acids is 1. The average molecular weight is 388 g/mol. The first kappa shape index (κ1) is 14.3. The minimum atomic E-state index is -0.0886. The van der Waals surface area contributed by atoms with E-state index in [0.717, 1.165) is 4.47 Å². The second kappa shape index (κ2) is 5.92. The van der Waals surface area contributed by atoms with Gasteiger partial charge in [0.1, 0.15) is 17.8 Å². The molecule has 0 saturated heterocycles. The molecule has 100 valence electrons. The van der Waals surface area contributed by atoms with E-state index >= 15 is 0 Å². The fourth-order valence-electron chi connectivity index (χ4n) is 1.68. The second-order valence-corrected chi connectivity index (χ2v) is 6.07. The van der Waals surface area contributed by atoms with E-state index in [9.17, 15) is 4.79 Å². The number of hydrogen-bond donors (Lipinski definition) is 0. The van der Waals surface area contributed by atoms with Crippen LogP contribution >= 0.6 is 31.9 Å². The Kier molecular flexibility index (Phi) is 4.46. The monoisotopic (exact) mass is 386 g/mol. The van der Waals surface area contributed by atoms with E-state index < -0.39 is 0 Å². The summed E-state index contributed by atoms with van der Waals surface area (Å²) in [6.45, 7) is 3.99. The van der Waals surface area contributed by atoms with Gasteiger partial charge >= 0.3 is 0 Å². The van der Waals surface area contributed by atoms with Gasteiger partial charge in [-0.15, -0.1) is 0 Å². The van der Waals surface area contributed by atoms with E-state index in [2.05, 4.69) is 46.9 Å². The van der Waals surface area contributed by atoms with Gasteiger partial charge in [-0.3, -0.25) is 9.78 Å². The van der Waals surface area contributed by atoms with Gasteiger partial charge in [0.15, 0.2) is 5.78 Å². The van der Waals surface area contributed by atoms with Crippen molar-refractivity contribution >= 4 is 37.6 Å². The van der Waals surface area contributed by atoms with E-state index in [0.29, 0.717) is 16.0 Å². The zero-order valence-corrected chi connectivity index (χ0v) is 13.6. The van der Waals surface area contributed by atoms with Gasteiger partial charge < -0.3 is 0 Å². The zero-order chi connectivity index (χ0) is 14.0. The summed E-state index contributed by atoms with van der Waals surface area (Å²) < 4.78 is 3.23. The molecule has 7 heteroatoms. The minimum absolute atomic E-state index is 0.0886. The topological polar surface area (TPSA) is 60.7 Å². The van der Waals surface area contributed by atoms with Gasteiger partial charge in [0.2, 0.25) is 0 Å². The lowest BCUT2D eigenvalue weighted by Gasteiger charge is -2.09. The largest absolute Gasteiger partial charge is 0.292 e. The average Bonchev–Trinajstić information content (AvgIpc) is 2.76. The summed E-state index contributed by atoms with van der Waals surface area (Å²) in [4.78, 5) is 20.5. The zero-order valence-electron chi connectivity index (χ0n) is 10.5. The summed E-state index contributed by atoms with van der Waals surface area (Å²) >= 11 is 6.65. The Morgan fingerprint density at radius 3 is 2.74 bits per heavy atom. The van der Waals surface area contributed by atoms with E-state index in [1.54, 1.807) is 16.9 Å². The van der Waals surface area contributed by atoms with Crippen LogP contribution in [-0.2, 0) is 6.42 Å². The summed E-state index contributed by atoms with van der Waals surface area (Å²) in [7, 11) is 0. The first-order valence-corrected chi connectivity index (χ1v) is 7.30. The quantitative estimate of drug-likeness (QED) is 0.755. The van der Waals surface area contributed by atoms with Crippen molar-refractivity contribution in [1.82, 2.24) is 19.7 Å². The van der Waals surface area contributed by atoms with Crippen LogP contribution in [0.2, 0.25) is 0 Å². The van der Waals surface area contributed by atoms with Gasteiger partial charge in [0.05, 0.1) is 6.42 Å². The second-order valence-electron chi connectivity index (χ2n) is 4.30. The molecule has 19 heavy (non-hydrogen) atoms. The molecule has 0 aromatic carbocycles. The van der Waals surface area contributed by atoms with Crippen molar-refractivity contribution in [2.24, 2.45) is 0 Å². The Morgan fingerprint density at radius 1 is 1.37 bits per heavy atom. The number of halogens is 2. The highest BCUT2D eigenvalue weighted by Crippen LogP contribution is 2.21. The fraction of sp³-hybridized carbons (Fsp3) is 0.333. The predicted octanol–water partition coefficient (Wildman–Crippen LogP) is 3.20. The van der Waals surface area contributed by atoms with Crippen LogP contribution < -0.4 is 0 Å². The molecule has 0 amide bonds. The third-order valence-corrected chi connectivity index (χ3v) is 3.57. The molecule has 0 fully saturated rings. The van der Waals surface area contributed by atoms with E-state index in [4.69, 9.17) is 0 Å². The third kappa shape index (κ3) is 3.27. The molecule has 2 aromatic rings. The molecule has 0 aliphatic heterocycles. The molecule has 0 unspecified atom stereocenters. The maximum atomic E-state index is 12.2. The number of rotatable bonds is 4. The molecule has 5 nitrogen and oxygen atoms in total. The number of ketones is 1. The summed E-state index contributed by atoms with van der Waals surface area (Å²) in [6, 6.07) is 1.97. The summed E-state index contributed by atoms with van der Waals surface area (Å²) in [5, 5.41) is 4.11. The molecule has 2 heterocycles. The maximum Gasteiger partial charge on any atom is 0.189 e. The smallest absolute Gasteiger partial charge is 0.189 e. The van der Waals surface area contributed by atoms with Gasteiger partial charge in [0, 0.05) is 21.2 Å². The summed E-state index contributed by atoms with van der Waals surface area (Å²) in [5.41, 5.74) is 0.404. The molecule has 0 spiro atoms. The molecule has 2 aromatic heterocycles. The van der Waals surface area contributed by atoms with Crippen LogP contribution in [0.3, 0.4) is 0 Å². The van der Waals surface area contributed by atoms with Crippen molar-refractivity contribution in [3.63, 3.8) is 0 Å². The van der Waals surface area contributed by atoms with E-state index in [1.807, 2.05) is 13.8 Å². The molecule has 0 radical (unpaired) electrons. The van der Waals surface area contributed by atoms with Crippen molar-refractivity contribution in [3.05, 3.63) is 39.1 Å². The molecule has 0 saturated carbocycles. The van der Waals surface area contributed by atoms with Gasteiger partial charge in [-0.1, -0.05) is 0 Å². The Balaban J connectivity index is 2.23. The van der Waals surface area contributed by atoms with Crippen LogP contribution in [0, 0.1) is 0 Å². The molecular weight excluding hydrogens is 376 g/mol. The van der Waals surface area contributed by atoms with Crippen LogP contribution in [0.1, 0.15) is 36.2 Å². The molecule has 0 atom stereocenters. The number of nitrogens with zero attached hydrogens (tertiary/aromatic N) is 4. The SMILES string of the molecule is CC(C)n1ncnc1CC(=O)c1ncc(Br)cc1Br. The molecule has 0 aliphatic carbocycles. The first-order chi connectivity index (χ1) is 8.99. The van der Waals surface area contributed by atoms with Gasteiger partial charge in [-0.05, 0) is 51.8 Å². The van der Waals surface area contributed by atoms with Crippen molar-refractivity contribution in [1.29, 1.82) is 0 Å². The first-order valence-electron chi connectivity index (χ1n) is 5.71. The third-order valence-electron chi connectivity index (χ3n) is 2.53. The Bertz CT molecular complexity index is 610. The number of hydrogen-bond acceptors (Lipinski definition) is 4. The number of carbonyl (C=O) groups is 1. The maximum absolute atomic E-state index is 12.2. The minimum Gasteiger partial charge on any atom is -0.292 e. The van der Waals surface area contributed by atoms with E-state index in [1.165, 1.54) is 6.33 Å². The Morgan fingerprint density at radius 2 is 2.11 bits per heavy atom. The fourth-order valence-corrected chi connectivity index (χ4v) is 2.89. The van der Waals surface area contributed by atoms with Crippen molar-refractivity contribution in [2.45, 2.75) is 26.3 Å². The molecule has 2 rings (SSSR count). The van der Waals surface area contributed by atoms with Crippen molar-refractivity contribution in [3.8, 4) is 0 Å². The molecule has 0 aliphatic rings. The highest BCUT2D eigenvalue weighted by Gasteiger charge is 2.17. The van der Waals surface area contributed by atoms with Crippen LogP contribution in [0.4, 0.5) is 0 Å². The lowest BCUT2D eigenvalue weighted by Crippen LogP contribution is -2.14. The molecular formula is C12H12Br2N4O. The number of Topliss-reactive ketones (excluding diaryl/α,β-unsaturated/α-hetero) is 1. The normalized spacial score (nSPS) is 11.0. The Hall–Kier alpha value is -1.08. The van der Waals surface area contributed by atoms with Crippen LogP contribution in [0.15, 0.2) is 27.5 Å². The molecule has 0 N–H and O–H groups in total.